The highest BCUT2D eigenvalue weighted by atomic mass is 15.1. The van der Waals surface area contributed by atoms with E-state index in [0.29, 0.717) is 0 Å². The van der Waals surface area contributed by atoms with Gasteiger partial charge in [-0.1, -0.05) is 70.9 Å². The Morgan fingerprint density at radius 3 is 1.31 bits per heavy atom. The number of hydrogen-bond donors (Lipinski definition) is 0. The molecule has 164 valence electrons. The first-order chi connectivity index (χ1) is 13.8. The molecule has 29 heavy (non-hydrogen) atoms. The molecule has 1 aromatic carbocycles. The molecule has 0 aliphatic carbocycles. The summed E-state index contributed by atoms with van der Waals surface area (Å²) in [6.45, 7) is 24.5. The topological polar surface area (TPSA) is 25.8 Å². The Kier molecular flexibility index (Phi) is 18.2. The van der Waals surface area contributed by atoms with Crippen molar-refractivity contribution in [2.75, 3.05) is 0 Å². The van der Waals surface area contributed by atoms with Crippen molar-refractivity contribution in [1.29, 1.82) is 0 Å². The maximum Gasteiger partial charge on any atom is 0.0632 e. The van der Waals surface area contributed by atoms with Crippen LogP contribution >= 0.6 is 0 Å². The average Bonchev–Trinajstić information content (AvgIpc) is 2.75. The molecule has 0 fully saturated rings. The van der Waals surface area contributed by atoms with Gasteiger partial charge in [-0.15, -0.1) is 6.58 Å². The van der Waals surface area contributed by atoms with Gasteiger partial charge < -0.3 is 0 Å². The number of unbranched alkanes of at least 4 members (excludes halogenated alkanes) is 1. The molecule has 0 saturated heterocycles. The number of benzene rings is 1. The summed E-state index contributed by atoms with van der Waals surface area (Å²) in [5.41, 5.74) is 8.74. The first-order valence-corrected chi connectivity index (χ1v) is 11.3. The van der Waals surface area contributed by atoms with Crippen LogP contribution in [0.1, 0.15) is 94.4 Å². The molecule has 0 unspecified atom stereocenters. The zero-order chi connectivity index (χ0) is 22.8. The molecule has 0 radical (unpaired) electrons. The van der Waals surface area contributed by atoms with Crippen molar-refractivity contribution in [3.63, 3.8) is 0 Å². The van der Waals surface area contributed by atoms with Crippen LogP contribution in [0, 0.1) is 27.7 Å². The van der Waals surface area contributed by atoms with E-state index in [1.807, 2.05) is 27.7 Å². The van der Waals surface area contributed by atoms with Gasteiger partial charge in [0.15, 0.2) is 0 Å². The highest BCUT2D eigenvalue weighted by Crippen LogP contribution is 2.10. The van der Waals surface area contributed by atoms with Crippen LogP contribution in [0.3, 0.4) is 0 Å². The molecule has 0 bridgehead atoms. The molecular weight excluding hydrogens is 352 g/mol. The number of aryl methyl sites for hydroxylation is 4. The summed E-state index contributed by atoms with van der Waals surface area (Å²) >= 11 is 0. The maximum absolute atomic E-state index is 3.99. The Balaban J connectivity index is 0. The standard InChI is InChI=1S/C10H14.C8H12N2.C7H14.C2H6/c1-3-9-5-7-10(4-2)8-6-9;1-5-6(2)8(4)10-9-7(5)3;1-4-5-6-7(2)3;1-2/h5-8H,3-4H2,1-2H3;1-4H3;2,4-6H2,1,3H3;1-2H3. The largest absolute Gasteiger partial charge is 0.155 e. The van der Waals surface area contributed by atoms with Crippen LogP contribution in [0.4, 0.5) is 0 Å². The lowest BCUT2D eigenvalue weighted by atomic mass is 10.1. The lowest BCUT2D eigenvalue weighted by Crippen LogP contribution is -1.97. The molecule has 0 amide bonds. The highest BCUT2D eigenvalue weighted by molar-refractivity contribution is 5.28. The van der Waals surface area contributed by atoms with Crippen LogP contribution in [0.15, 0.2) is 36.4 Å². The van der Waals surface area contributed by atoms with Crippen LogP contribution in [0.2, 0.25) is 0 Å². The Bertz CT molecular complexity index is 620. The van der Waals surface area contributed by atoms with E-state index in [2.05, 4.69) is 82.6 Å². The smallest absolute Gasteiger partial charge is 0.0632 e. The second-order valence-electron chi connectivity index (χ2n) is 7.21. The minimum atomic E-state index is 1.03. The third-order valence-corrected chi connectivity index (χ3v) is 4.79. The third-order valence-electron chi connectivity index (χ3n) is 4.79. The molecule has 2 nitrogen and oxygen atoms in total. The second kappa shape index (κ2) is 18.1. The lowest BCUT2D eigenvalue weighted by Gasteiger charge is -2.03. The van der Waals surface area contributed by atoms with Crippen molar-refractivity contribution in [3.05, 3.63) is 70.1 Å². The van der Waals surface area contributed by atoms with Crippen molar-refractivity contribution in [3.8, 4) is 0 Å². The van der Waals surface area contributed by atoms with Gasteiger partial charge in [0.2, 0.25) is 0 Å². The number of hydrogen-bond acceptors (Lipinski definition) is 2. The summed E-state index contributed by atoms with van der Waals surface area (Å²) in [4.78, 5) is 0. The molecule has 0 saturated carbocycles. The van der Waals surface area contributed by atoms with Gasteiger partial charge in [0, 0.05) is 0 Å². The molecule has 2 rings (SSSR count). The Hall–Kier alpha value is -1.96. The van der Waals surface area contributed by atoms with Crippen LogP contribution in [-0.4, -0.2) is 10.2 Å². The van der Waals surface area contributed by atoms with Crippen LogP contribution in [0.25, 0.3) is 0 Å². The normalized spacial score (nSPS) is 9.17. The van der Waals surface area contributed by atoms with Crippen LogP contribution < -0.4 is 0 Å². The predicted molar refractivity (Wildman–Crippen MR) is 132 cm³/mol. The predicted octanol–water partition coefficient (Wildman–Crippen LogP) is 8.30. The van der Waals surface area contributed by atoms with Gasteiger partial charge in [0.05, 0.1) is 11.4 Å². The quantitative estimate of drug-likeness (QED) is 0.473. The fourth-order valence-electron chi connectivity index (χ4n) is 2.33. The minimum Gasteiger partial charge on any atom is -0.155 e. The monoisotopic (exact) mass is 398 g/mol. The molecule has 1 aromatic heterocycles. The Labute approximate surface area is 181 Å². The first-order valence-electron chi connectivity index (χ1n) is 11.3. The number of rotatable bonds is 5. The summed E-state index contributed by atoms with van der Waals surface area (Å²) < 4.78 is 0. The first kappa shape index (κ1) is 29.2. The van der Waals surface area contributed by atoms with Crippen molar-refractivity contribution < 1.29 is 0 Å². The Morgan fingerprint density at radius 1 is 0.759 bits per heavy atom. The van der Waals surface area contributed by atoms with E-state index < -0.39 is 0 Å². The van der Waals surface area contributed by atoms with E-state index in [4.69, 9.17) is 0 Å². The fraction of sp³-hybridized carbons (Fsp3) is 0.556. The van der Waals surface area contributed by atoms with E-state index in [-0.39, 0.29) is 0 Å². The van der Waals surface area contributed by atoms with E-state index >= 15 is 0 Å². The number of nitrogens with zero attached hydrogens (tertiary/aromatic N) is 2. The summed E-state index contributed by atoms with van der Waals surface area (Å²) in [6, 6.07) is 8.83. The fourth-order valence-corrected chi connectivity index (χ4v) is 2.33. The zero-order valence-electron chi connectivity index (χ0n) is 20.9. The molecule has 2 aromatic rings. The second-order valence-corrected chi connectivity index (χ2v) is 7.21. The zero-order valence-corrected chi connectivity index (χ0v) is 20.9. The van der Waals surface area contributed by atoms with Gasteiger partial charge in [-0.25, -0.2) is 0 Å². The van der Waals surface area contributed by atoms with Crippen molar-refractivity contribution in [2.45, 2.75) is 101 Å². The van der Waals surface area contributed by atoms with Gasteiger partial charge in [0.25, 0.3) is 0 Å². The summed E-state index contributed by atoms with van der Waals surface area (Å²) in [5.74, 6) is 0. The van der Waals surface area contributed by atoms with Crippen molar-refractivity contribution >= 4 is 0 Å². The number of aromatic nitrogens is 2. The van der Waals surface area contributed by atoms with E-state index in [0.717, 1.165) is 24.2 Å². The van der Waals surface area contributed by atoms with Gasteiger partial charge >= 0.3 is 0 Å². The summed E-state index contributed by atoms with van der Waals surface area (Å²) in [6.07, 6.45) is 6.08. The molecule has 0 N–H and O–H groups in total. The Morgan fingerprint density at radius 2 is 1.10 bits per heavy atom. The number of allylic oxidation sites excluding steroid dienone is 1. The van der Waals surface area contributed by atoms with Gasteiger partial charge in [-0.05, 0) is 82.6 Å². The summed E-state index contributed by atoms with van der Waals surface area (Å²) in [5, 5.41) is 7.98. The molecule has 0 spiro atoms. The van der Waals surface area contributed by atoms with Gasteiger partial charge in [0.1, 0.15) is 0 Å². The highest BCUT2D eigenvalue weighted by Gasteiger charge is 2.00. The minimum absolute atomic E-state index is 1.03. The van der Waals surface area contributed by atoms with Crippen molar-refractivity contribution in [1.82, 2.24) is 10.2 Å². The summed E-state index contributed by atoms with van der Waals surface area (Å²) in [7, 11) is 0. The van der Waals surface area contributed by atoms with E-state index in [9.17, 15) is 0 Å². The molecule has 1 heterocycles. The SMILES string of the molecule is C=C(C)CCCC.CC.CCc1ccc(CC)cc1.Cc1nnc(C)c(C)c1C. The van der Waals surface area contributed by atoms with Gasteiger partial charge in [-0.3, -0.25) is 0 Å². The maximum atomic E-state index is 3.99. The van der Waals surface area contributed by atoms with E-state index in [1.54, 1.807) is 0 Å². The van der Waals surface area contributed by atoms with Crippen molar-refractivity contribution in [2.24, 2.45) is 0 Å². The molecule has 0 aliphatic heterocycles. The third kappa shape index (κ3) is 13.8. The van der Waals surface area contributed by atoms with Crippen LogP contribution in [0.5, 0.6) is 0 Å². The molecule has 0 aliphatic rings. The molecule has 0 atom stereocenters. The lowest BCUT2D eigenvalue weighted by molar-refractivity contribution is 0.789. The molecular formula is C27H46N2. The molecule has 2 heteroatoms. The van der Waals surface area contributed by atoms with Crippen LogP contribution in [-0.2, 0) is 12.8 Å². The average molecular weight is 399 g/mol. The van der Waals surface area contributed by atoms with Gasteiger partial charge in [-0.2, -0.15) is 10.2 Å². The van der Waals surface area contributed by atoms with E-state index in [1.165, 1.54) is 47.1 Å².